The van der Waals surface area contributed by atoms with Gasteiger partial charge in [0.15, 0.2) is 6.04 Å². The first-order valence-corrected chi connectivity index (χ1v) is 4.36. The third-order valence-corrected chi connectivity index (χ3v) is 2.46. The molecule has 1 heterocycles. The summed E-state index contributed by atoms with van der Waals surface area (Å²) in [5, 5.41) is 11.8. The van der Waals surface area contributed by atoms with Crippen molar-refractivity contribution in [1.29, 1.82) is 0 Å². The van der Waals surface area contributed by atoms with Gasteiger partial charge >= 0.3 is 5.97 Å². The maximum atomic E-state index is 10.6. The summed E-state index contributed by atoms with van der Waals surface area (Å²) < 4.78 is 0.492. The summed E-state index contributed by atoms with van der Waals surface area (Å²) in [6.45, 7) is 0. The van der Waals surface area contributed by atoms with Crippen molar-refractivity contribution in [1.82, 2.24) is 10.3 Å². The standard InChI is InChI=1S/C6H7ClN2O2S/c1-8-4(6(10)11)5-9-2-3(7)12-5/h2,4,8H,1H3,(H,10,11). The van der Waals surface area contributed by atoms with Gasteiger partial charge in [0.2, 0.25) is 0 Å². The van der Waals surface area contributed by atoms with Gasteiger partial charge in [-0.1, -0.05) is 11.6 Å². The molecule has 0 amide bonds. The predicted molar refractivity (Wildman–Crippen MR) is 46.6 cm³/mol. The fraction of sp³-hybridized carbons (Fsp3) is 0.333. The minimum absolute atomic E-state index is 0.468. The molecular weight excluding hydrogens is 200 g/mol. The molecule has 4 nitrogen and oxygen atoms in total. The summed E-state index contributed by atoms with van der Waals surface area (Å²) in [7, 11) is 1.56. The Bertz CT molecular complexity index is 289. The number of carboxylic acid groups (broad SMARTS) is 1. The smallest absolute Gasteiger partial charge is 0.327 e. The van der Waals surface area contributed by atoms with E-state index < -0.39 is 12.0 Å². The van der Waals surface area contributed by atoms with Crippen LogP contribution in [0.4, 0.5) is 0 Å². The van der Waals surface area contributed by atoms with E-state index in [1.54, 1.807) is 7.05 Å². The minimum atomic E-state index is -0.955. The molecule has 1 aromatic rings. The molecule has 0 saturated heterocycles. The Morgan fingerprint density at radius 3 is 2.92 bits per heavy atom. The van der Waals surface area contributed by atoms with Crippen molar-refractivity contribution in [3.05, 3.63) is 15.5 Å². The summed E-state index contributed by atoms with van der Waals surface area (Å²) >= 11 is 6.76. The molecule has 0 aromatic carbocycles. The lowest BCUT2D eigenvalue weighted by Gasteiger charge is -2.05. The monoisotopic (exact) mass is 206 g/mol. The van der Waals surface area contributed by atoms with E-state index in [9.17, 15) is 4.79 Å². The maximum absolute atomic E-state index is 10.6. The van der Waals surface area contributed by atoms with Gasteiger partial charge in [-0.3, -0.25) is 4.79 Å². The quantitative estimate of drug-likeness (QED) is 0.779. The lowest BCUT2D eigenvalue weighted by atomic mass is 10.3. The first-order valence-electron chi connectivity index (χ1n) is 3.16. The maximum Gasteiger partial charge on any atom is 0.327 e. The number of likely N-dealkylation sites (N-methyl/N-ethyl adjacent to an activating group) is 1. The third kappa shape index (κ3) is 1.94. The summed E-state index contributed by atoms with van der Waals surface area (Å²) in [6, 6.07) is -0.762. The number of carbonyl (C=O) groups is 1. The molecule has 12 heavy (non-hydrogen) atoms. The Morgan fingerprint density at radius 2 is 2.58 bits per heavy atom. The molecule has 66 valence electrons. The highest BCUT2D eigenvalue weighted by molar-refractivity contribution is 7.16. The zero-order chi connectivity index (χ0) is 9.14. The molecule has 0 aliphatic rings. The van der Waals surface area contributed by atoms with Crippen LogP contribution in [0.1, 0.15) is 11.0 Å². The number of rotatable bonds is 3. The first kappa shape index (κ1) is 9.44. The number of aromatic nitrogens is 1. The number of nitrogens with one attached hydrogen (secondary N) is 1. The van der Waals surface area contributed by atoms with Gasteiger partial charge in [-0.2, -0.15) is 0 Å². The number of thiazole rings is 1. The SMILES string of the molecule is CNC(C(=O)O)c1ncc(Cl)s1. The second-order valence-electron chi connectivity index (χ2n) is 2.06. The molecule has 1 rings (SSSR count). The van der Waals surface area contributed by atoms with Crippen molar-refractivity contribution in [2.24, 2.45) is 0 Å². The van der Waals surface area contributed by atoms with Crippen LogP contribution in [0.25, 0.3) is 0 Å². The van der Waals surface area contributed by atoms with E-state index in [4.69, 9.17) is 16.7 Å². The Morgan fingerprint density at radius 1 is 1.92 bits per heavy atom. The molecule has 0 aliphatic heterocycles. The van der Waals surface area contributed by atoms with E-state index in [2.05, 4.69) is 10.3 Å². The van der Waals surface area contributed by atoms with Crippen molar-refractivity contribution >= 4 is 28.9 Å². The Kier molecular flexibility index (Phi) is 3.02. The van der Waals surface area contributed by atoms with E-state index in [0.717, 1.165) is 11.3 Å². The highest BCUT2D eigenvalue weighted by Crippen LogP contribution is 2.23. The van der Waals surface area contributed by atoms with Gasteiger partial charge in [-0.05, 0) is 7.05 Å². The average molecular weight is 207 g/mol. The number of hydrogen-bond acceptors (Lipinski definition) is 4. The van der Waals surface area contributed by atoms with Crippen LogP contribution in [0.5, 0.6) is 0 Å². The molecule has 0 saturated carbocycles. The fourth-order valence-corrected chi connectivity index (χ4v) is 1.79. The lowest BCUT2D eigenvalue weighted by molar-refractivity contribution is -0.139. The molecule has 0 fully saturated rings. The zero-order valence-electron chi connectivity index (χ0n) is 6.24. The molecule has 1 atom stereocenters. The van der Waals surface area contributed by atoms with Crippen LogP contribution in [0.2, 0.25) is 4.34 Å². The zero-order valence-corrected chi connectivity index (χ0v) is 7.82. The van der Waals surface area contributed by atoms with Crippen LogP contribution < -0.4 is 5.32 Å². The molecule has 1 aromatic heterocycles. The summed E-state index contributed by atoms with van der Waals surface area (Å²) in [4.78, 5) is 14.5. The van der Waals surface area contributed by atoms with Crippen molar-refractivity contribution in [3.8, 4) is 0 Å². The second-order valence-corrected chi connectivity index (χ2v) is 3.76. The third-order valence-electron chi connectivity index (χ3n) is 1.28. The molecule has 6 heteroatoms. The number of carboxylic acids is 1. The number of hydrogen-bond donors (Lipinski definition) is 2. The van der Waals surface area contributed by atoms with Crippen LogP contribution in [0.15, 0.2) is 6.20 Å². The topological polar surface area (TPSA) is 62.2 Å². The molecule has 0 spiro atoms. The fourth-order valence-electron chi connectivity index (χ4n) is 0.753. The van der Waals surface area contributed by atoms with E-state index in [0.29, 0.717) is 9.34 Å². The number of nitrogens with zero attached hydrogens (tertiary/aromatic N) is 1. The van der Waals surface area contributed by atoms with Crippen molar-refractivity contribution in [2.45, 2.75) is 6.04 Å². The van der Waals surface area contributed by atoms with Crippen LogP contribution in [0, 0.1) is 0 Å². The van der Waals surface area contributed by atoms with Gasteiger partial charge in [0, 0.05) is 0 Å². The van der Waals surface area contributed by atoms with Crippen molar-refractivity contribution < 1.29 is 9.90 Å². The van der Waals surface area contributed by atoms with Crippen LogP contribution in [0.3, 0.4) is 0 Å². The Labute approximate surface area is 78.2 Å². The average Bonchev–Trinajstić information content (AvgIpc) is 2.37. The predicted octanol–water partition coefficient (Wildman–Crippen LogP) is 1.14. The van der Waals surface area contributed by atoms with Gasteiger partial charge in [0.05, 0.1) is 6.20 Å². The molecule has 0 radical (unpaired) electrons. The van der Waals surface area contributed by atoms with Crippen LogP contribution in [-0.4, -0.2) is 23.1 Å². The minimum Gasteiger partial charge on any atom is -0.480 e. The molecule has 0 aliphatic carbocycles. The van der Waals surface area contributed by atoms with E-state index in [1.807, 2.05) is 0 Å². The lowest BCUT2D eigenvalue weighted by Crippen LogP contribution is -2.24. The normalized spacial score (nSPS) is 12.8. The number of aliphatic carboxylic acids is 1. The van der Waals surface area contributed by atoms with Crippen molar-refractivity contribution in [2.75, 3.05) is 7.05 Å². The van der Waals surface area contributed by atoms with Gasteiger partial charge in [0.1, 0.15) is 9.34 Å². The molecule has 1 unspecified atom stereocenters. The number of halogens is 1. The summed E-state index contributed by atoms with van der Waals surface area (Å²) in [5.41, 5.74) is 0. The van der Waals surface area contributed by atoms with E-state index in [1.165, 1.54) is 6.20 Å². The van der Waals surface area contributed by atoms with Gasteiger partial charge < -0.3 is 10.4 Å². The van der Waals surface area contributed by atoms with Gasteiger partial charge in [-0.15, -0.1) is 11.3 Å². The second kappa shape index (κ2) is 3.84. The molecular formula is C6H7ClN2O2S. The largest absolute Gasteiger partial charge is 0.480 e. The highest BCUT2D eigenvalue weighted by atomic mass is 35.5. The van der Waals surface area contributed by atoms with Gasteiger partial charge in [-0.25, -0.2) is 4.98 Å². The summed E-state index contributed by atoms with van der Waals surface area (Å²) in [6.07, 6.45) is 1.44. The molecule has 0 bridgehead atoms. The van der Waals surface area contributed by atoms with E-state index in [-0.39, 0.29) is 0 Å². The summed E-state index contributed by atoms with van der Waals surface area (Å²) in [5.74, 6) is -0.955. The van der Waals surface area contributed by atoms with Gasteiger partial charge in [0.25, 0.3) is 0 Å². The highest BCUT2D eigenvalue weighted by Gasteiger charge is 2.20. The first-order chi connectivity index (χ1) is 5.65. The van der Waals surface area contributed by atoms with Crippen LogP contribution >= 0.6 is 22.9 Å². The van der Waals surface area contributed by atoms with E-state index >= 15 is 0 Å². The van der Waals surface area contributed by atoms with Crippen molar-refractivity contribution in [3.63, 3.8) is 0 Å². The Balaban J connectivity index is 2.87. The molecule has 2 N–H and O–H groups in total. The Hall–Kier alpha value is -0.650. The van der Waals surface area contributed by atoms with Crippen LogP contribution in [-0.2, 0) is 4.79 Å².